The molecule has 13 rings (SSSR count). The minimum atomic E-state index is -0.136. The van der Waals surface area contributed by atoms with E-state index in [1.807, 2.05) is 0 Å². The van der Waals surface area contributed by atoms with E-state index >= 15 is 0 Å². The zero-order valence-electron chi connectivity index (χ0n) is 35.0. The van der Waals surface area contributed by atoms with Gasteiger partial charge in [0, 0.05) is 63.4 Å². The molecule has 0 aromatic heterocycles. The molecule has 6 aliphatic rings. The molecule has 7 atom stereocenters. The van der Waals surface area contributed by atoms with Gasteiger partial charge in [0.15, 0.2) is 0 Å². The van der Waals surface area contributed by atoms with E-state index in [4.69, 9.17) is 0 Å². The van der Waals surface area contributed by atoms with Crippen molar-refractivity contribution in [1.29, 1.82) is 0 Å². The van der Waals surface area contributed by atoms with Crippen LogP contribution < -0.4 is 9.80 Å². The minimum Gasteiger partial charge on any atom is -0.333 e. The number of nitrogens with zero attached hydrogens (tertiary/aromatic N) is 2. The molecule has 0 amide bonds. The summed E-state index contributed by atoms with van der Waals surface area (Å²) in [6.07, 6.45) is 28.1. The summed E-state index contributed by atoms with van der Waals surface area (Å²) in [6, 6.07) is 63.9. The van der Waals surface area contributed by atoms with Crippen molar-refractivity contribution < 1.29 is 0 Å². The molecule has 7 unspecified atom stereocenters. The minimum absolute atomic E-state index is 0.136. The Kier molecular flexibility index (Phi) is 8.24. The van der Waals surface area contributed by atoms with Gasteiger partial charge < -0.3 is 9.80 Å². The zero-order chi connectivity index (χ0) is 41.5. The molecular formula is C61H46N2. The van der Waals surface area contributed by atoms with Crippen molar-refractivity contribution in [1.82, 2.24) is 0 Å². The SMILES string of the molecule is C1=CC2c3ccccc3N(c3cccc(-c4ccc(N(c5ccc(-c6ccccc6)cc5)c5ccc6c(c5)C5C=CC=CC5C65c6ccccc6C6C=CC=CC65)cc4)c3)C2C=C1. The van der Waals surface area contributed by atoms with E-state index in [9.17, 15) is 0 Å². The third-order valence-electron chi connectivity index (χ3n) is 15.0. The quantitative estimate of drug-likeness (QED) is 0.165. The number of hydrogen-bond donors (Lipinski definition) is 0. The van der Waals surface area contributed by atoms with Gasteiger partial charge in [-0.3, -0.25) is 0 Å². The van der Waals surface area contributed by atoms with Crippen LogP contribution in [0.1, 0.15) is 45.6 Å². The van der Waals surface area contributed by atoms with E-state index in [2.05, 4.69) is 253 Å². The van der Waals surface area contributed by atoms with Crippen molar-refractivity contribution in [3.05, 3.63) is 271 Å². The fourth-order valence-corrected chi connectivity index (χ4v) is 12.4. The normalized spacial score (nSPS) is 24.8. The molecule has 2 nitrogen and oxygen atoms in total. The molecule has 0 bridgehead atoms. The van der Waals surface area contributed by atoms with Crippen molar-refractivity contribution in [2.45, 2.75) is 29.2 Å². The summed E-state index contributed by atoms with van der Waals surface area (Å²) < 4.78 is 0. The summed E-state index contributed by atoms with van der Waals surface area (Å²) in [6.45, 7) is 0. The molecule has 300 valence electrons. The Bertz CT molecular complexity index is 3110. The third kappa shape index (κ3) is 5.44. The molecule has 1 spiro atoms. The Morgan fingerprint density at radius 3 is 1.65 bits per heavy atom. The predicted octanol–water partition coefficient (Wildman–Crippen LogP) is 15.2. The lowest BCUT2D eigenvalue weighted by molar-refractivity contribution is 0.312. The first-order valence-corrected chi connectivity index (χ1v) is 22.6. The number of benzene rings is 7. The standard InChI is InChI=1S/C61H46N2/c1-2-15-41(16-3-1)42-29-33-45(34-30-42)62(46-35-31-43(32-36-46)44-17-14-18-47(39-44)63-59-27-12-7-22-52(59)53-23-8-13-28-60(53)63)48-37-38-58-54(40-48)51-21-6-11-26-57(51)61(58)55-24-9-4-19-49(55)50-20-5-10-25-56(50)61/h1-40,49,51-52,55,57,59H. The van der Waals surface area contributed by atoms with Crippen molar-refractivity contribution in [3.63, 3.8) is 0 Å². The largest absolute Gasteiger partial charge is 0.333 e. The van der Waals surface area contributed by atoms with Crippen LogP contribution in [0.3, 0.4) is 0 Å². The zero-order valence-corrected chi connectivity index (χ0v) is 35.0. The van der Waals surface area contributed by atoms with E-state index in [-0.39, 0.29) is 17.4 Å². The predicted molar refractivity (Wildman–Crippen MR) is 262 cm³/mol. The van der Waals surface area contributed by atoms with Crippen LogP contribution >= 0.6 is 0 Å². The highest BCUT2D eigenvalue weighted by Crippen LogP contribution is 2.67. The fourth-order valence-electron chi connectivity index (χ4n) is 12.4. The van der Waals surface area contributed by atoms with Crippen molar-refractivity contribution in [3.8, 4) is 22.3 Å². The van der Waals surface area contributed by atoms with Crippen LogP contribution in [-0.2, 0) is 5.41 Å². The van der Waals surface area contributed by atoms with Gasteiger partial charge in [-0.25, -0.2) is 0 Å². The van der Waals surface area contributed by atoms with E-state index in [1.54, 1.807) is 0 Å². The maximum absolute atomic E-state index is 2.52. The lowest BCUT2D eigenvalue weighted by Crippen LogP contribution is -2.38. The van der Waals surface area contributed by atoms with E-state index in [1.165, 1.54) is 67.1 Å². The van der Waals surface area contributed by atoms with Gasteiger partial charge in [-0.1, -0.05) is 188 Å². The molecular weight excluding hydrogens is 761 g/mol. The van der Waals surface area contributed by atoms with Gasteiger partial charge >= 0.3 is 0 Å². The number of anilines is 5. The highest BCUT2D eigenvalue weighted by atomic mass is 15.2. The average molecular weight is 807 g/mol. The van der Waals surface area contributed by atoms with Crippen molar-refractivity contribution in [2.24, 2.45) is 11.8 Å². The number of rotatable bonds is 6. The number of hydrogen-bond acceptors (Lipinski definition) is 2. The second-order valence-electron chi connectivity index (χ2n) is 17.9. The molecule has 1 heterocycles. The second kappa shape index (κ2) is 14.3. The van der Waals surface area contributed by atoms with Crippen LogP contribution in [0.2, 0.25) is 0 Å². The first-order valence-electron chi connectivity index (χ1n) is 22.6. The van der Waals surface area contributed by atoms with Crippen LogP contribution in [0.4, 0.5) is 28.4 Å². The third-order valence-corrected chi connectivity index (χ3v) is 15.0. The van der Waals surface area contributed by atoms with Crippen LogP contribution in [0.15, 0.2) is 243 Å². The first kappa shape index (κ1) is 36.3. The fraction of sp³-hybridized carbons (Fsp3) is 0.115. The smallest absolute Gasteiger partial charge is 0.0629 e. The lowest BCUT2D eigenvalue weighted by Gasteiger charge is -2.40. The highest BCUT2D eigenvalue weighted by Gasteiger charge is 2.61. The number of para-hydroxylation sites is 1. The number of allylic oxidation sites excluding steroid dienone is 10. The average Bonchev–Trinajstić information content (AvgIpc) is 3.97. The summed E-state index contributed by atoms with van der Waals surface area (Å²) in [4.78, 5) is 4.97. The van der Waals surface area contributed by atoms with Gasteiger partial charge in [-0.2, -0.15) is 0 Å². The van der Waals surface area contributed by atoms with Crippen LogP contribution in [0.25, 0.3) is 22.3 Å². The van der Waals surface area contributed by atoms with Crippen LogP contribution in [0.5, 0.6) is 0 Å². The van der Waals surface area contributed by atoms with Gasteiger partial charge in [-0.15, -0.1) is 0 Å². The summed E-state index contributed by atoms with van der Waals surface area (Å²) in [7, 11) is 0. The Labute approximate surface area is 370 Å². The van der Waals surface area contributed by atoms with Crippen molar-refractivity contribution >= 4 is 28.4 Å². The summed E-state index contributed by atoms with van der Waals surface area (Å²) in [5.41, 5.74) is 17.9. The molecule has 7 aromatic rings. The molecule has 1 aliphatic heterocycles. The lowest BCUT2D eigenvalue weighted by atomic mass is 9.61. The van der Waals surface area contributed by atoms with E-state index in [0.29, 0.717) is 23.7 Å². The summed E-state index contributed by atoms with van der Waals surface area (Å²) in [5.74, 6) is 1.71. The summed E-state index contributed by atoms with van der Waals surface area (Å²) >= 11 is 0. The van der Waals surface area contributed by atoms with Crippen molar-refractivity contribution in [2.75, 3.05) is 9.80 Å². The van der Waals surface area contributed by atoms with Crippen LogP contribution in [0, 0.1) is 11.8 Å². The van der Waals surface area contributed by atoms with Gasteiger partial charge in [0.2, 0.25) is 0 Å². The van der Waals surface area contributed by atoms with E-state index < -0.39 is 0 Å². The van der Waals surface area contributed by atoms with Gasteiger partial charge in [0.05, 0.1) is 6.04 Å². The molecule has 7 aromatic carbocycles. The monoisotopic (exact) mass is 806 g/mol. The molecule has 2 heteroatoms. The molecule has 0 radical (unpaired) electrons. The molecule has 0 saturated carbocycles. The highest BCUT2D eigenvalue weighted by molar-refractivity contribution is 5.83. The Morgan fingerprint density at radius 1 is 0.365 bits per heavy atom. The topological polar surface area (TPSA) is 6.48 Å². The molecule has 0 saturated heterocycles. The maximum Gasteiger partial charge on any atom is 0.0629 e. The Hall–Kier alpha value is -7.42. The Balaban J connectivity index is 0.913. The second-order valence-corrected chi connectivity index (χ2v) is 17.9. The molecule has 63 heavy (non-hydrogen) atoms. The summed E-state index contributed by atoms with van der Waals surface area (Å²) in [5, 5.41) is 0. The molecule has 0 fully saturated rings. The first-order chi connectivity index (χ1) is 31.3. The van der Waals surface area contributed by atoms with Gasteiger partial charge in [-0.05, 0) is 105 Å². The number of fused-ring (bicyclic) bond motifs is 13. The Morgan fingerprint density at radius 2 is 0.905 bits per heavy atom. The molecule has 0 N–H and O–H groups in total. The maximum atomic E-state index is 2.52. The molecule has 5 aliphatic carbocycles. The van der Waals surface area contributed by atoms with E-state index in [0.717, 1.165) is 11.4 Å². The van der Waals surface area contributed by atoms with Gasteiger partial charge in [0.1, 0.15) is 0 Å². The van der Waals surface area contributed by atoms with Crippen LogP contribution in [-0.4, -0.2) is 6.04 Å². The van der Waals surface area contributed by atoms with Gasteiger partial charge in [0.25, 0.3) is 0 Å².